The summed E-state index contributed by atoms with van der Waals surface area (Å²) in [7, 11) is 1.17. The summed E-state index contributed by atoms with van der Waals surface area (Å²) in [4.78, 5) is 24.1. The Hall–Kier alpha value is -1.14. The molecule has 0 spiro atoms. The van der Waals surface area contributed by atoms with Crippen molar-refractivity contribution in [2.45, 2.75) is 38.9 Å². The number of rotatable bonds is 0. The van der Waals surface area contributed by atoms with Crippen molar-refractivity contribution in [1.82, 2.24) is 9.96 Å². The zero-order chi connectivity index (χ0) is 12.0. The third-order valence-corrected chi connectivity index (χ3v) is 2.64. The number of nitrogens with zero attached hydrogens (tertiary/aromatic N) is 2. The molecule has 1 aliphatic heterocycles. The number of carbonyl (C=O) groups is 2. The van der Waals surface area contributed by atoms with Crippen molar-refractivity contribution in [1.29, 1.82) is 0 Å². The number of methoxy groups -OCH3 is 1. The number of imide groups is 1. The van der Waals surface area contributed by atoms with E-state index >= 15 is 0 Å². The van der Waals surface area contributed by atoms with Gasteiger partial charge in [-0.3, -0.25) is 4.79 Å². The fourth-order valence-corrected chi connectivity index (χ4v) is 1.78. The molecule has 6 heteroatoms. The van der Waals surface area contributed by atoms with Gasteiger partial charge < -0.3 is 4.74 Å². The Morgan fingerprint density at radius 2 is 1.73 bits per heavy atom. The first-order valence-electron chi connectivity index (χ1n) is 4.57. The van der Waals surface area contributed by atoms with Crippen LogP contribution in [0.5, 0.6) is 0 Å². The minimum Gasteiger partial charge on any atom is -0.452 e. The van der Waals surface area contributed by atoms with E-state index in [0.29, 0.717) is 5.06 Å². The molecule has 0 unspecified atom stereocenters. The molecule has 0 bridgehead atoms. The van der Waals surface area contributed by atoms with Crippen LogP contribution < -0.4 is 0 Å². The van der Waals surface area contributed by atoms with E-state index in [0.717, 1.165) is 4.90 Å². The van der Waals surface area contributed by atoms with Gasteiger partial charge in [-0.05, 0) is 27.7 Å². The summed E-state index contributed by atoms with van der Waals surface area (Å²) in [5.41, 5.74) is -2.45. The summed E-state index contributed by atoms with van der Waals surface area (Å²) >= 11 is 0. The van der Waals surface area contributed by atoms with Gasteiger partial charge in [-0.25, -0.2) is 9.69 Å². The monoisotopic (exact) mass is 215 g/mol. The van der Waals surface area contributed by atoms with Gasteiger partial charge in [0.1, 0.15) is 11.2 Å². The van der Waals surface area contributed by atoms with E-state index in [4.69, 9.17) is 0 Å². The molecule has 0 saturated carbocycles. The molecular weight excluding hydrogens is 200 g/mol. The fraction of sp³-hybridized carbons (Fsp3) is 0.778. The van der Waals surface area contributed by atoms with E-state index in [9.17, 15) is 14.8 Å². The maximum absolute atomic E-state index is 11.8. The molecule has 85 valence electrons. The molecule has 1 heterocycles. The standard InChI is InChI=1S/C9H15N2O4/c1-8(2)6(12)10(7(13)15-5)9(3,4)11(8)14/h1-5H3. The molecule has 0 N–H and O–H groups in total. The SMILES string of the molecule is COC(=O)N1C(=O)C(C)(C)N([O])C1(C)C. The topological polar surface area (TPSA) is 69.8 Å². The van der Waals surface area contributed by atoms with E-state index < -0.39 is 23.2 Å². The molecule has 1 aliphatic rings. The molecule has 0 aromatic rings. The lowest BCUT2D eigenvalue weighted by Gasteiger charge is -2.31. The van der Waals surface area contributed by atoms with Gasteiger partial charge in [-0.2, -0.15) is 0 Å². The highest BCUT2D eigenvalue weighted by atomic mass is 16.6. The van der Waals surface area contributed by atoms with Crippen LogP contribution in [0, 0.1) is 0 Å². The summed E-state index contributed by atoms with van der Waals surface area (Å²) < 4.78 is 4.48. The Morgan fingerprint density at radius 3 is 2.00 bits per heavy atom. The smallest absolute Gasteiger partial charge is 0.417 e. The summed E-state index contributed by atoms with van der Waals surface area (Å²) in [6.45, 7) is 5.97. The summed E-state index contributed by atoms with van der Waals surface area (Å²) in [5.74, 6) is -0.547. The highest BCUT2D eigenvalue weighted by molar-refractivity contribution is 5.99. The average molecular weight is 215 g/mol. The average Bonchev–Trinajstić information content (AvgIpc) is 2.25. The minimum atomic E-state index is -1.24. The van der Waals surface area contributed by atoms with Gasteiger partial charge in [0.25, 0.3) is 5.91 Å². The highest BCUT2D eigenvalue weighted by Gasteiger charge is 2.60. The van der Waals surface area contributed by atoms with Crippen LogP contribution in [-0.4, -0.2) is 40.3 Å². The lowest BCUT2D eigenvalue weighted by molar-refractivity contribution is -0.255. The molecule has 2 amide bonds. The number of hydrogen-bond donors (Lipinski definition) is 0. The zero-order valence-corrected chi connectivity index (χ0v) is 9.53. The minimum absolute atomic E-state index is 0.547. The van der Waals surface area contributed by atoms with Crippen molar-refractivity contribution in [2.75, 3.05) is 7.11 Å². The van der Waals surface area contributed by atoms with Crippen LogP contribution in [0.15, 0.2) is 0 Å². The summed E-state index contributed by atoms with van der Waals surface area (Å²) in [6, 6.07) is 0. The van der Waals surface area contributed by atoms with Crippen molar-refractivity contribution in [3.63, 3.8) is 0 Å². The van der Waals surface area contributed by atoms with Crippen LogP contribution in [0.3, 0.4) is 0 Å². The van der Waals surface area contributed by atoms with E-state index in [2.05, 4.69) is 4.74 Å². The molecular formula is C9H15N2O4. The van der Waals surface area contributed by atoms with Crippen LogP contribution in [0.2, 0.25) is 0 Å². The number of carbonyl (C=O) groups excluding carboxylic acids is 2. The van der Waals surface area contributed by atoms with E-state index in [1.165, 1.54) is 34.8 Å². The Morgan fingerprint density at radius 1 is 1.27 bits per heavy atom. The van der Waals surface area contributed by atoms with Gasteiger partial charge >= 0.3 is 6.09 Å². The lowest BCUT2D eigenvalue weighted by atomic mass is 10.1. The van der Waals surface area contributed by atoms with Gasteiger partial charge in [0, 0.05) is 0 Å². The van der Waals surface area contributed by atoms with Crippen LogP contribution >= 0.6 is 0 Å². The van der Waals surface area contributed by atoms with Gasteiger partial charge in [0.05, 0.1) is 7.11 Å². The first kappa shape index (κ1) is 11.9. The Bertz CT molecular complexity index is 311. The van der Waals surface area contributed by atoms with Gasteiger partial charge in [0.15, 0.2) is 0 Å². The second kappa shape index (κ2) is 3.18. The second-order valence-corrected chi connectivity index (χ2v) is 4.46. The van der Waals surface area contributed by atoms with Gasteiger partial charge in [0.2, 0.25) is 0 Å². The Balaban J connectivity index is 3.20. The van der Waals surface area contributed by atoms with Gasteiger partial charge in [-0.1, -0.05) is 0 Å². The van der Waals surface area contributed by atoms with Crippen LogP contribution in [0.25, 0.3) is 0 Å². The van der Waals surface area contributed by atoms with Gasteiger partial charge in [-0.15, -0.1) is 10.3 Å². The van der Waals surface area contributed by atoms with Crippen molar-refractivity contribution >= 4 is 12.0 Å². The predicted octanol–water partition coefficient (Wildman–Crippen LogP) is 0.757. The number of hydrogen-bond acceptors (Lipinski definition) is 4. The molecule has 1 saturated heterocycles. The molecule has 1 fully saturated rings. The first-order chi connectivity index (χ1) is 6.67. The molecule has 0 aromatic carbocycles. The van der Waals surface area contributed by atoms with E-state index in [1.54, 1.807) is 0 Å². The largest absolute Gasteiger partial charge is 0.452 e. The highest BCUT2D eigenvalue weighted by Crippen LogP contribution is 2.37. The van der Waals surface area contributed by atoms with Crippen LogP contribution in [0.4, 0.5) is 4.79 Å². The summed E-state index contributed by atoms with van der Waals surface area (Å²) in [5, 5.41) is 12.4. The molecule has 6 nitrogen and oxygen atoms in total. The molecule has 0 aliphatic carbocycles. The van der Waals surface area contributed by atoms with Crippen LogP contribution in [0.1, 0.15) is 27.7 Å². The van der Waals surface area contributed by atoms with Crippen molar-refractivity contribution in [3.8, 4) is 0 Å². The predicted molar refractivity (Wildman–Crippen MR) is 49.9 cm³/mol. The molecule has 0 aromatic heterocycles. The summed E-state index contributed by atoms with van der Waals surface area (Å²) in [6.07, 6.45) is -0.809. The molecule has 1 radical (unpaired) electrons. The maximum Gasteiger partial charge on any atom is 0.417 e. The van der Waals surface area contributed by atoms with Crippen molar-refractivity contribution in [2.24, 2.45) is 0 Å². The number of amides is 2. The second-order valence-electron chi connectivity index (χ2n) is 4.46. The van der Waals surface area contributed by atoms with E-state index in [-0.39, 0.29) is 0 Å². The van der Waals surface area contributed by atoms with Crippen LogP contribution in [-0.2, 0) is 14.7 Å². The molecule has 15 heavy (non-hydrogen) atoms. The third-order valence-electron chi connectivity index (χ3n) is 2.64. The normalized spacial score (nSPS) is 24.4. The van der Waals surface area contributed by atoms with Crippen molar-refractivity contribution in [3.05, 3.63) is 0 Å². The number of hydroxylamine groups is 2. The van der Waals surface area contributed by atoms with Crippen molar-refractivity contribution < 1.29 is 19.5 Å². The maximum atomic E-state index is 11.8. The first-order valence-corrected chi connectivity index (χ1v) is 4.57. The molecule has 0 atom stereocenters. The quantitative estimate of drug-likeness (QED) is 0.598. The number of ether oxygens (including phenoxy) is 1. The zero-order valence-electron chi connectivity index (χ0n) is 9.53. The Kier molecular flexibility index (Phi) is 2.53. The fourth-order valence-electron chi connectivity index (χ4n) is 1.78. The molecule has 1 rings (SSSR count). The third kappa shape index (κ3) is 1.40. The lowest BCUT2D eigenvalue weighted by Crippen LogP contribution is -2.51. The van der Waals surface area contributed by atoms with E-state index in [1.807, 2.05) is 0 Å². The Labute approximate surface area is 88.4 Å².